The van der Waals surface area contributed by atoms with Crippen molar-refractivity contribution in [2.45, 2.75) is 19.4 Å². The maximum atomic E-state index is 12.3. The van der Waals surface area contributed by atoms with Gasteiger partial charge >= 0.3 is 0 Å². The molecule has 0 aromatic carbocycles. The van der Waals surface area contributed by atoms with Gasteiger partial charge in [-0.2, -0.15) is 0 Å². The van der Waals surface area contributed by atoms with E-state index in [1.807, 2.05) is 12.1 Å². The predicted molar refractivity (Wildman–Crippen MR) is 83.2 cm³/mol. The molecule has 2 atom stereocenters. The Kier molecular flexibility index (Phi) is 4.26. The minimum Gasteiger partial charge on any atom is -0.347 e. The second-order valence-corrected chi connectivity index (χ2v) is 6.35. The molecule has 2 unspecified atom stereocenters. The highest BCUT2D eigenvalue weighted by atomic mass is 32.1. The number of carbonyl (C=O) groups is 1. The third-order valence-corrected chi connectivity index (χ3v) is 4.85. The summed E-state index contributed by atoms with van der Waals surface area (Å²) in [6, 6.07) is 3.99. The van der Waals surface area contributed by atoms with Crippen LogP contribution in [0.1, 0.15) is 23.0 Å². The van der Waals surface area contributed by atoms with Gasteiger partial charge < -0.3 is 10.6 Å². The molecular weight excluding hydrogens is 284 g/mol. The first-order valence-corrected chi connectivity index (χ1v) is 7.93. The van der Waals surface area contributed by atoms with Crippen molar-refractivity contribution in [2.75, 3.05) is 13.1 Å². The SMILES string of the molecule is CC1CCNCC1NC(=O)c1cnc(-c2ccncc2)s1. The zero-order valence-corrected chi connectivity index (χ0v) is 12.7. The second kappa shape index (κ2) is 6.32. The van der Waals surface area contributed by atoms with Crippen molar-refractivity contribution in [1.29, 1.82) is 0 Å². The molecule has 5 nitrogen and oxygen atoms in total. The fourth-order valence-corrected chi connectivity index (χ4v) is 3.25. The summed E-state index contributed by atoms with van der Waals surface area (Å²) in [5, 5.41) is 7.27. The molecule has 1 fully saturated rings. The van der Waals surface area contributed by atoms with Crippen molar-refractivity contribution in [3.63, 3.8) is 0 Å². The van der Waals surface area contributed by atoms with Gasteiger partial charge in [-0.05, 0) is 31.0 Å². The molecule has 0 bridgehead atoms. The molecule has 2 aromatic rings. The predicted octanol–water partition coefficient (Wildman–Crippen LogP) is 1.93. The van der Waals surface area contributed by atoms with Gasteiger partial charge in [-0.25, -0.2) is 4.98 Å². The fraction of sp³-hybridized carbons (Fsp3) is 0.400. The van der Waals surface area contributed by atoms with Crippen LogP contribution in [0.5, 0.6) is 0 Å². The molecule has 3 rings (SSSR count). The first-order chi connectivity index (χ1) is 10.2. The van der Waals surface area contributed by atoms with Crippen molar-refractivity contribution in [1.82, 2.24) is 20.6 Å². The maximum absolute atomic E-state index is 12.3. The molecule has 0 radical (unpaired) electrons. The fourth-order valence-electron chi connectivity index (χ4n) is 2.43. The third kappa shape index (κ3) is 3.28. The van der Waals surface area contributed by atoms with Gasteiger partial charge in [0.15, 0.2) is 0 Å². The van der Waals surface area contributed by atoms with E-state index in [2.05, 4.69) is 27.5 Å². The van der Waals surface area contributed by atoms with Crippen LogP contribution in [0.2, 0.25) is 0 Å². The van der Waals surface area contributed by atoms with Crippen LogP contribution in [0, 0.1) is 5.92 Å². The number of hydrogen-bond donors (Lipinski definition) is 2. The van der Waals surface area contributed by atoms with E-state index in [0.29, 0.717) is 10.8 Å². The lowest BCUT2D eigenvalue weighted by Gasteiger charge is -2.29. The molecule has 6 heteroatoms. The van der Waals surface area contributed by atoms with Crippen LogP contribution < -0.4 is 10.6 Å². The average Bonchev–Trinajstić information content (AvgIpc) is 3.00. The number of piperidine rings is 1. The van der Waals surface area contributed by atoms with Gasteiger partial charge in [0.05, 0.1) is 6.20 Å². The van der Waals surface area contributed by atoms with Crippen molar-refractivity contribution in [2.24, 2.45) is 5.92 Å². The summed E-state index contributed by atoms with van der Waals surface area (Å²) >= 11 is 1.41. The summed E-state index contributed by atoms with van der Waals surface area (Å²) in [5.74, 6) is 0.469. The van der Waals surface area contributed by atoms with Crippen LogP contribution in [0.25, 0.3) is 10.6 Å². The summed E-state index contributed by atoms with van der Waals surface area (Å²) in [7, 11) is 0. The molecule has 21 heavy (non-hydrogen) atoms. The summed E-state index contributed by atoms with van der Waals surface area (Å²) < 4.78 is 0. The van der Waals surface area contributed by atoms with E-state index < -0.39 is 0 Å². The van der Waals surface area contributed by atoms with E-state index in [-0.39, 0.29) is 11.9 Å². The summed E-state index contributed by atoms with van der Waals surface area (Å²) in [4.78, 5) is 21.3. The Morgan fingerprint density at radius 1 is 1.43 bits per heavy atom. The van der Waals surface area contributed by atoms with E-state index >= 15 is 0 Å². The van der Waals surface area contributed by atoms with Crippen LogP contribution >= 0.6 is 11.3 Å². The highest BCUT2D eigenvalue weighted by Crippen LogP contribution is 2.24. The molecule has 1 amide bonds. The van der Waals surface area contributed by atoms with Crippen LogP contribution in [0.4, 0.5) is 0 Å². The molecule has 110 valence electrons. The summed E-state index contributed by atoms with van der Waals surface area (Å²) in [6.45, 7) is 4.05. The van der Waals surface area contributed by atoms with Gasteiger partial charge in [0, 0.05) is 30.5 Å². The van der Waals surface area contributed by atoms with E-state index in [1.165, 1.54) is 11.3 Å². The lowest BCUT2D eigenvalue weighted by molar-refractivity contribution is 0.0919. The highest BCUT2D eigenvalue weighted by Gasteiger charge is 2.23. The van der Waals surface area contributed by atoms with Gasteiger partial charge in [0.1, 0.15) is 9.88 Å². The molecule has 0 spiro atoms. The zero-order chi connectivity index (χ0) is 14.7. The van der Waals surface area contributed by atoms with Crippen LogP contribution in [0.3, 0.4) is 0 Å². The van der Waals surface area contributed by atoms with Gasteiger partial charge in [-0.15, -0.1) is 11.3 Å². The standard InChI is InChI=1S/C15H18N4OS/c1-10-2-5-17-8-12(10)19-14(20)13-9-18-15(21-13)11-3-6-16-7-4-11/h3-4,6-7,9-10,12,17H,2,5,8H2,1H3,(H,19,20). The lowest BCUT2D eigenvalue weighted by Crippen LogP contribution is -2.50. The van der Waals surface area contributed by atoms with Crippen molar-refractivity contribution < 1.29 is 4.79 Å². The third-order valence-electron chi connectivity index (χ3n) is 3.80. The number of aromatic nitrogens is 2. The number of thiazole rings is 1. The molecule has 1 aliphatic heterocycles. The maximum Gasteiger partial charge on any atom is 0.263 e. The number of pyridine rings is 1. The normalized spacial score (nSPS) is 22.0. The largest absolute Gasteiger partial charge is 0.347 e. The van der Waals surface area contributed by atoms with Crippen molar-refractivity contribution in [3.8, 4) is 10.6 Å². The number of carbonyl (C=O) groups excluding carboxylic acids is 1. The Hall–Kier alpha value is -1.79. The van der Waals surface area contributed by atoms with Crippen molar-refractivity contribution >= 4 is 17.2 Å². The first-order valence-electron chi connectivity index (χ1n) is 7.12. The number of rotatable bonds is 3. The van der Waals surface area contributed by atoms with Gasteiger partial charge in [-0.1, -0.05) is 6.92 Å². The number of nitrogens with zero attached hydrogens (tertiary/aromatic N) is 2. The zero-order valence-electron chi connectivity index (χ0n) is 11.9. The lowest BCUT2D eigenvalue weighted by atomic mass is 9.95. The highest BCUT2D eigenvalue weighted by molar-refractivity contribution is 7.16. The first kappa shape index (κ1) is 14.2. The molecule has 3 heterocycles. The smallest absolute Gasteiger partial charge is 0.263 e. The van der Waals surface area contributed by atoms with E-state index in [9.17, 15) is 4.79 Å². The summed E-state index contributed by atoms with van der Waals surface area (Å²) in [6.07, 6.45) is 6.20. The number of amides is 1. The number of hydrogen-bond acceptors (Lipinski definition) is 5. The van der Waals surface area contributed by atoms with Gasteiger partial charge in [-0.3, -0.25) is 9.78 Å². The molecule has 1 saturated heterocycles. The van der Waals surface area contributed by atoms with Crippen LogP contribution in [-0.2, 0) is 0 Å². The minimum absolute atomic E-state index is 0.0339. The Bertz CT molecular complexity index is 613. The van der Waals surface area contributed by atoms with Gasteiger partial charge in [0.25, 0.3) is 5.91 Å². The molecule has 0 saturated carbocycles. The monoisotopic (exact) mass is 302 g/mol. The molecule has 2 aromatic heterocycles. The Morgan fingerprint density at radius 2 is 2.24 bits per heavy atom. The minimum atomic E-state index is -0.0339. The van der Waals surface area contributed by atoms with Gasteiger partial charge in [0.2, 0.25) is 0 Å². The quantitative estimate of drug-likeness (QED) is 0.909. The average molecular weight is 302 g/mol. The Balaban J connectivity index is 1.69. The van der Waals surface area contributed by atoms with Crippen molar-refractivity contribution in [3.05, 3.63) is 35.6 Å². The Labute approximate surface area is 127 Å². The topological polar surface area (TPSA) is 66.9 Å². The second-order valence-electron chi connectivity index (χ2n) is 5.32. The van der Waals surface area contributed by atoms with Crippen LogP contribution in [0.15, 0.2) is 30.7 Å². The molecule has 2 N–H and O–H groups in total. The molecule has 0 aliphatic carbocycles. The van der Waals surface area contributed by atoms with Crippen LogP contribution in [-0.4, -0.2) is 35.0 Å². The molecular formula is C15H18N4OS. The molecule has 1 aliphatic rings. The van der Waals surface area contributed by atoms with E-state index in [0.717, 1.165) is 30.1 Å². The Morgan fingerprint density at radius 3 is 3.00 bits per heavy atom. The summed E-state index contributed by atoms with van der Waals surface area (Å²) in [5.41, 5.74) is 0.988. The van der Waals surface area contributed by atoms with E-state index in [4.69, 9.17) is 0 Å². The number of nitrogens with one attached hydrogen (secondary N) is 2. The van der Waals surface area contributed by atoms with E-state index in [1.54, 1.807) is 18.6 Å².